The molecule has 2 heteroatoms. The first-order valence-electron chi connectivity index (χ1n) is 6.29. The van der Waals surface area contributed by atoms with Crippen molar-refractivity contribution < 1.29 is 0 Å². The second-order valence-electron chi connectivity index (χ2n) is 4.75. The molecular weight excluding hydrogens is 232 g/mol. The number of fused-ring (bicyclic) bond motifs is 5. The summed E-state index contributed by atoms with van der Waals surface area (Å²) >= 11 is 0. The molecule has 0 amide bonds. The van der Waals surface area contributed by atoms with Crippen LogP contribution in [-0.4, -0.2) is 5.71 Å². The number of benzene rings is 2. The molecule has 1 heterocycles. The molecule has 19 heavy (non-hydrogen) atoms. The highest BCUT2D eigenvalue weighted by atomic mass is 14.8. The Bertz CT molecular complexity index is 845. The lowest BCUT2D eigenvalue weighted by Crippen LogP contribution is -1.98. The zero-order valence-electron chi connectivity index (χ0n) is 10.2. The molecule has 0 aromatic heterocycles. The maximum absolute atomic E-state index is 9.30. The average Bonchev–Trinajstić information content (AvgIpc) is 2.84. The van der Waals surface area contributed by atoms with Crippen molar-refractivity contribution >= 4 is 27.7 Å². The summed E-state index contributed by atoms with van der Waals surface area (Å²) in [7, 11) is 0. The van der Waals surface area contributed by atoms with E-state index in [1.54, 1.807) is 0 Å². The van der Waals surface area contributed by atoms with Gasteiger partial charge in [0.15, 0.2) is 0 Å². The van der Waals surface area contributed by atoms with Crippen LogP contribution < -0.4 is 0 Å². The van der Waals surface area contributed by atoms with Crippen LogP contribution >= 0.6 is 0 Å². The summed E-state index contributed by atoms with van der Waals surface area (Å²) in [5, 5.41) is 11.4. The van der Waals surface area contributed by atoms with Crippen molar-refractivity contribution in [1.29, 1.82) is 5.26 Å². The van der Waals surface area contributed by atoms with E-state index >= 15 is 0 Å². The van der Waals surface area contributed by atoms with E-state index in [9.17, 15) is 5.26 Å². The van der Waals surface area contributed by atoms with Gasteiger partial charge in [-0.2, -0.15) is 5.26 Å². The van der Waals surface area contributed by atoms with Crippen LogP contribution in [0.25, 0.3) is 16.3 Å². The van der Waals surface area contributed by atoms with E-state index < -0.39 is 0 Å². The number of aliphatic imine (C=N–C) groups is 1. The van der Waals surface area contributed by atoms with Gasteiger partial charge in [0, 0.05) is 22.9 Å². The lowest BCUT2D eigenvalue weighted by atomic mass is 9.91. The van der Waals surface area contributed by atoms with Crippen molar-refractivity contribution in [3.8, 4) is 6.07 Å². The fourth-order valence-electron chi connectivity index (χ4n) is 2.85. The third-order valence-corrected chi connectivity index (χ3v) is 3.69. The number of rotatable bonds is 0. The normalized spacial score (nSPS) is 15.5. The molecule has 0 unspecified atom stereocenters. The van der Waals surface area contributed by atoms with Gasteiger partial charge >= 0.3 is 0 Å². The van der Waals surface area contributed by atoms with E-state index in [1.807, 2.05) is 24.3 Å². The molecule has 0 bridgehead atoms. The summed E-state index contributed by atoms with van der Waals surface area (Å²) in [6, 6.07) is 12.3. The van der Waals surface area contributed by atoms with Gasteiger partial charge in [-0.1, -0.05) is 42.5 Å². The standard InChI is InChI=1S/C17H10N2/c18-10-11-9-16-17(13-6-2-1-5-12(11)13)14-7-3-4-8-15(14)19-16/h1-7,9H,8H2. The maximum Gasteiger partial charge on any atom is 0.0998 e. The summed E-state index contributed by atoms with van der Waals surface area (Å²) in [5.74, 6) is 0. The highest BCUT2D eigenvalue weighted by Crippen LogP contribution is 2.43. The van der Waals surface area contributed by atoms with Gasteiger partial charge in [0.2, 0.25) is 0 Å². The summed E-state index contributed by atoms with van der Waals surface area (Å²) in [4.78, 5) is 4.68. The molecule has 0 saturated heterocycles. The van der Waals surface area contributed by atoms with Crippen LogP contribution in [0.1, 0.15) is 17.5 Å². The first-order chi connectivity index (χ1) is 9.38. The zero-order chi connectivity index (χ0) is 12.8. The highest BCUT2D eigenvalue weighted by molar-refractivity contribution is 6.33. The van der Waals surface area contributed by atoms with Crippen LogP contribution in [0.2, 0.25) is 0 Å². The van der Waals surface area contributed by atoms with Crippen molar-refractivity contribution in [2.75, 3.05) is 0 Å². The SMILES string of the molecule is N#Cc1cc2c(c3ccccc13)C1=CC=CCC1=N2. The Hall–Kier alpha value is -2.66. The van der Waals surface area contributed by atoms with Crippen LogP contribution in [0, 0.1) is 11.3 Å². The minimum absolute atomic E-state index is 0.700. The highest BCUT2D eigenvalue weighted by Gasteiger charge is 2.24. The Balaban J connectivity index is 2.16. The maximum atomic E-state index is 9.30. The lowest BCUT2D eigenvalue weighted by molar-refractivity contribution is 1.44. The molecule has 2 aromatic carbocycles. The number of nitrogens with zero attached hydrogens (tertiary/aromatic N) is 2. The summed E-state index contributed by atoms with van der Waals surface area (Å²) in [6.45, 7) is 0. The Morgan fingerprint density at radius 3 is 2.84 bits per heavy atom. The molecule has 1 aliphatic heterocycles. The predicted molar refractivity (Wildman–Crippen MR) is 77.5 cm³/mol. The minimum atomic E-state index is 0.700. The van der Waals surface area contributed by atoms with E-state index in [0.717, 1.165) is 28.6 Å². The van der Waals surface area contributed by atoms with Crippen molar-refractivity contribution in [1.82, 2.24) is 0 Å². The van der Waals surface area contributed by atoms with Gasteiger partial charge in [-0.15, -0.1) is 0 Å². The second kappa shape index (κ2) is 3.66. The molecule has 0 fully saturated rings. The summed E-state index contributed by atoms with van der Waals surface area (Å²) in [6.07, 6.45) is 7.18. The van der Waals surface area contributed by atoms with Crippen LogP contribution in [0.15, 0.2) is 53.6 Å². The molecule has 0 N–H and O–H groups in total. The van der Waals surface area contributed by atoms with Gasteiger partial charge in [-0.05, 0) is 11.5 Å². The van der Waals surface area contributed by atoms with Crippen LogP contribution in [-0.2, 0) is 0 Å². The first kappa shape index (κ1) is 10.3. The topological polar surface area (TPSA) is 36.1 Å². The van der Waals surface area contributed by atoms with E-state index in [0.29, 0.717) is 5.56 Å². The molecule has 0 saturated carbocycles. The number of allylic oxidation sites excluding steroid dienone is 4. The Labute approximate surface area is 111 Å². The van der Waals surface area contributed by atoms with E-state index in [1.165, 1.54) is 11.1 Å². The number of nitriles is 1. The van der Waals surface area contributed by atoms with Gasteiger partial charge in [-0.3, -0.25) is 4.99 Å². The Morgan fingerprint density at radius 2 is 2.00 bits per heavy atom. The molecule has 2 aliphatic rings. The van der Waals surface area contributed by atoms with Crippen molar-refractivity contribution in [3.05, 3.63) is 59.7 Å². The molecular formula is C17H10N2. The third-order valence-electron chi connectivity index (χ3n) is 3.69. The monoisotopic (exact) mass is 242 g/mol. The zero-order valence-corrected chi connectivity index (χ0v) is 10.2. The molecule has 2 nitrogen and oxygen atoms in total. The van der Waals surface area contributed by atoms with Gasteiger partial charge in [0.1, 0.15) is 0 Å². The van der Waals surface area contributed by atoms with E-state index in [-0.39, 0.29) is 0 Å². The molecule has 0 spiro atoms. The van der Waals surface area contributed by atoms with Crippen molar-refractivity contribution in [3.63, 3.8) is 0 Å². The third kappa shape index (κ3) is 1.33. The quantitative estimate of drug-likeness (QED) is 0.683. The van der Waals surface area contributed by atoms with E-state index in [2.05, 4.69) is 35.4 Å². The van der Waals surface area contributed by atoms with Gasteiger partial charge in [0.05, 0.1) is 23.0 Å². The minimum Gasteiger partial charge on any atom is -0.252 e. The van der Waals surface area contributed by atoms with E-state index in [4.69, 9.17) is 0 Å². The van der Waals surface area contributed by atoms with Crippen LogP contribution in [0.5, 0.6) is 0 Å². The first-order valence-corrected chi connectivity index (χ1v) is 6.29. The molecule has 2 aromatic rings. The van der Waals surface area contributed by atoms with Crippen molar-refractivity contribution in [2.24, 2.45) is 4.99 Å². The second-order valence-corrected chi connectivity index (χ2v) is 4.75. The Kier molecular flexibility index (Phi) is 1.98. The largest absolute Gasteiger partial charge is 0.252 e. The van der Waals surface area contributed by atoms with Crippen LogP contribution in [0.3, 0.4) is 0 Å². The summed E-state index contributed by atoms with van der Waals surface area (Å²) < 4.78 is 0. The predicted octanol–water partition coefficient (Wildman–Crippen LogP) is 4.14. The summed E-state index contributed by atoms with van der Waals surface area (Å²) in [5.41, 5.74) is 5.12. The molecule has 4 rings (SSSR count). The van der Waals surface area contributed by atoms with Gasteiger partial charge in [0.25, 0.3) is 0 Å². The van der Waals surface area contributed by atoms with Crippen LogP contribution in [0.4, 0.5) is 5.69 Å². The molecule has 1 aliphatic carbocycles. The van der Waals surface area contributed by atoms with Crippen molar-refractivity contribution in [2.45, 2.75) is 6.42 Å². The number of hydrogen-bond acceptors (Lipinski definition) is 2. The Morgan fingerprint density at radius 1 is 1.16 bits per heavy atom. The van der Waals surface area contributed by atoms with Gasteiger partial charge < -0.3 is 0 Å². The van der Waals surface area contributed by atoms with Gasteiger partial charge in [-0.25, -0.2) is 0 Å². The molecule has 88 valence electrons. The number of hydrogen-bond donors (Lipinski definition) is 0. The smallest absolute Gasteiger partial charge is 0.0998 e. The molecule has 0 atom stereocenters. The lowest BCUT2D eigenvalue weighted by Gasteiger charge is -2.10. The fourth-order valence-corrected chi connectivity index (χ4v) is 2.85. The average molecular weight is 242 g/mol. The fraction of sp³-hybridized carbons (Fsp3) is 0.0588. The molecule has 0 radical (unpaired) electrons.